The van der Waals surface area contributed by atoms with Gasteiger partial charge in [0.05, 0.1) is 16.3 Å². The highest BCUT2D eigenvalue weighted by Gasteiger charge is 2.33. The number of nitrogens with one attached hydrogen (secondary N) is 1. The van der Waals surface area contributed by atoms with Crippen LogP contribution in [0, 0.1) is 11.8 Å². The van der Waals surface area contributed by atoms with Crippen molar-refractivity contribution in [3.05, 3.63) is 28.8 Å². The number of hydrogen-bond acceptors (Lipinski definition) is 3. The molecule has 0 aromatic heterocycles. The van der Waals surface area contributed by atoms with Gasteiger partial charge in [0.2, 0.25) is 5.91 Å². The molecule has 1 amide bonds. The highest BCUT2D eigenvalue weighted by molar-refractivity contribution is 6.33. The molecule has 8 heteroatoms. The lowest BCUT2D eigenvalue weighted by Gasteiger charge is -2.31. The van der Waals surface area contributed by atoms with Crippen molar-refractivity contribution in [1.29, 1.82) is 0 Å². The Balaban J connectivity index is 2.20. The first-order chi connectivity index (χ1) is 10.7. The molecule has 1 aromatic rings. The fraction of sp³-hybridized carbons (Fsp3) is 0.467. The molecule has 0 unspecified atom stereocenters. The minimum Gasteiger partial charge on any atom is -0.550 e. The second kappa shape index (κ2) is 6.78. The van der Waals surface area contributed by atoms with E-state index >= 15 is 0 Å². The first-order valence-corrected chi connectivity index (χ1v) is 7.46. The van der Waals surface area contributed by atoms with E-state index in [-0.39, 0.29) is 10.7 Å². The lowest BCUT2D eigenvalue weighted by atomic mass is 9.78. The molecular formula is C15H14ClF3NO3-. The molecule has 0 radical (unpaired) electrons. The Kier molecular flexibility index (Phi) is 5.19. The fourth-order valence-corrected chi connectivity index (χ4v) is 2.91. The average Bonchev–Trinajstić information content (AvgIpc) is 2.48. The second-order valence-corrected chi connectivity index (χ2v) is 5.91. The molecule has 0 heterocycles. The number of anilines is 1. The Morgan fingerprint density at radius 1 is 1.17 bits per heavy atom. The molecule has 4 nitrogen and oxygen atoms in total. The third kappa shape index (κ3) is 4.16. The number of aliphatic carboxylic acids is 1. The van der Waals surface area contributed by atoms with Crippen LogP contribution in [0.3, 0.4) is 0 Å². The van der Waals surface area contributed by atoms with Gasteiger partial charge in [0.1, 0.15) is 0 Å². The van der Waals surface area contributed by atoms with Gasteiger partial charge in [-0.2, -0.15) is 13.2 Å². The van der Waals surface area contributed by atoms with Crippen LogP contribution in [0.2, 0.25) is 5.02 Å². The number of carboxylic acids is 1. The van der Waals surface area contributed by atoms with Crippen LogP contribution in [0.5, 0.6) is 0 Å². The number of carbonyl (C=O) groups is 2. The van der Waals surface area contributed by atoms with Crippen LogP contribution in [0.4, 0.5) is 18.9 Å². The largest absolute Gasteiger partial charge is 0.550 e. The number of rotatable bonds is 3. The Morgan fingerprint density at radius 2 is 1.78 bits per heavy atom. The van der Waals surface area contributed by atoms with Gasteiger partial charge in [0, 0.05) is 17.8 Å². The minimum atomic E-state index is -4.57. The molecular weight excluding hydrogens is 335 g/mol. The van der Waals surface area contributed by atoms with Crippen LogP contribution in [0.1, 0.15) is 31.2 Å². The zero-order valence-corrected chi connectivity index (χ0v) is 12.7. The van der Waals surface area contributed by atoms with E-state index in [1.54, 1.807) is 0 Å². The van der Waals surface area contributed by atoms with Gasteiger partial charge in [-0.25, -0.2) is 0 Å². The monoisotopic (exact) mass is 348 g/mol. The predicted octanol–water partition coefficient (Wildman–Crippen LogP) is 2.85. The van der Waals surface area contributed by atoms with Crippen LogP contribution in [0.25, 0.3) is 0 Å². The van der Waals surface area contributed by atoms with Crippen molar-refractivity contribution in [2.24, 2.45) is 11.8 Å². The van der Waals surface area contributed by atoms with E-state index in [1.807, 2.05) is 0 Å². The second-order valence-electron chi connectivity index (χ2n) is 5.50. The summed E-state index contributed by atoms with van der Waals surface area (Å²) in [6.45, 7) is 0. The van der Waals surface area contributed by atoms with Crippen LogP contribution < -0.4 is 10.4 Å². The molecule has 1 N–H and O–H groups in total. The molecule has 23 heavy (non-hydrogen) atoms. The van der Waals surface area contributed by atoms with Crippen LogP contribution in [0.15, 0.2) is 18.2 Å². The van der Waals surface area contributed by atoms with E-state index in [0.717, 1.165) is 18.2 Å². The predicted molar refractivity (Wildman–Crippen MR) is 75.5 cm³/mol. The van der Waals surface area contributed by atoms with Gasteiger partial charge in [-0.15, -0.1) is 0 Å². The molecule has 1 aliphatic rings. The molecule has 1 saturated carbocycles. The zero-order chi connectivity index (χ0) is 17.2. The molecule has 1 aliphatic carbocycles. The maximum absolute atomic E-state index is 12.7. The van der Waals surface area contributed by atoms with Crippen molar-refractivity contribution in [1.82, 2.24) is 0 Å². The van der Waals surface area contributed by atoms with E-state index in [0.29, 0.717) is 25.7 Å². The lowest BCUT2D eigenvalue weighted by Crippen LogP contribution is -2.42. The summed E-state index contributed by atoms with van der Waals surface area (Å²) in [5, 5.41) is 13.4. The summed E-state index contributed by atoms with van der Waals surface area (Å²) in [4.78, 5) is 23.4. The van der Waals surface area contributed by atoms with Gasteiger partial charge >= 0.3 is 6.18 Å². The number of carboxylic acid groups (broad SMARTS) is 1. The van der Waals surface area contributed by atoms with Gasteiger partial charge in [0.15, 0.2) is 0 Å². The molecule has 1 aromatic carbocycles. The summed E-state index contributed by atoms with van der Waals surface area (Å²) in [7, 11) is 0. The van der Waals surface area contributed by atoms with E-state index in [4.69, 9.17) is 11.6 Å². The minimum absolute atomic E-state index is 0.0489. The van der Waals surface area contributed by atoms with E-state index in [9.17, 15) is 27.9 Å². The fourth-order valence-electron chi connectivity index (χ4n) is 2.75. The van der Waals surface area contributed by atoms with E-state index < -0.39 is 35.5 Å². The van der Waals surface area contributed by atoms with Gasteiger partial charge < -0.3 is 15.2 Å². The van der Waals surface area contributed by atoms with Gasteiger partial charge in [-0.1, -0.05) is 24.4 Å². The quantitative estimate of drug-likeness (QED) is 0.913. The van der Waals surface area contributed by atoms with E-state index in [2.05, 4.69) is 5.32 Å². The van der Waals surface area contributed by atoms with Crippen molar-refractivity contribution in [2.75, 3.05) is 5.32 Å². The van der Waals surface area contributed by atoms with Crippen LogP contribution >= 0.6 is 11.6 Å². The number of halogens is 4. The highest BCUT2D eigenvalue weighted by atomic mass is 35.5. The third-order valence-electron chi connectivity index (χ3n) is 3.96. The number of benzene rings is 1. The molecule has 2 rings (SSSR count). The SMILES string of the molecule is O=C([O-])[C@H]1CCCC[C@H]1C(=O)Nc1cc(C(F)(F)F)ccc1Cl. The Labute approximate surface area is 135 Å². The molecule has 0 saturated heterocycles. The topological polar surface area (TPSA) is 69.2 Å². The summed E-state index contributed by atoms with van der Waals surface area (Å²) in [6, 6.07) is 2.58. The molecule has 2 atom stereocenters. The molecule has 0 bridgehead atoms. The van der Waals surface area contributed by atoms with Crippen molar-refractivity contribution in [2.45, 2.75) is 31.9 Å². The van der Waals surface area contributed by atoms with Crippen LogP contribution in [-0.4, -0.2) is 11.9 Å². The molecule has 1 fully saturated rings. The molecule has 126 valence electrons. The average molecular weight is 349 g/mol. The zero-order valence-electron chi connectivity index (χ0n) is 12.0. The summed E-state index contributed by atoms with van der Waals surface area (Å²) < 4.78 is 38.2. The normalized spacial score (nSPS) is 21.7. The molecule has 0 aliphatic heterocycles. The van der Waals surface area contributed by atoms with Crippen molar-refractivity contribution in [3.8, 4) is 0 Å². The summed E-state index contributed by atoms with van der Waals surface area (Å²) >= 11 is 5.82. The van der Waals surface area contributed by atoms with Gasteiger partial charge in [-0.05, 0) is 31.0 Å². The summed E-state index contributed by atoms with van der Waals surface area (Å²) in [6.07, 6.45) is -2.55. The van der Waals surface area contributed by atoms with Gasteiger partial charge in [0.25, 0.3) is 0 Å². The Hall–Kier alpha value is -1.76. The number of alkyl halides is 3. The smallest absolute Gasteiger partial charge is 0.416 e. The summed E-state index contributed by atoms with van der Waals surface area (Å²) in [5.74, 6) is -3.74. The van der Waals surface area contributed by atoms with Crippen LogP contribution in [-0.2, 0) is 15.8 Å². The Bertz CT molecular complexity index is 618. The lowest BCUT2D eigenvalue weighted by molar-refractivity contribution is -0.313. The third-order valence-corrected chi connectivity index (χ3v) is 4.29. The highest BCUT2D eigenvalue weighted by Crippen LogP contribution is 2.35. The first kappa shape index (κ1) is 17.6. The van der Waals surface area contributed by atoms with Crippen molar-refractivity contribution >= 4 is 29.2 Å². The Morgan fingerprint density at radius 3 is 2.35 bits per heavy atom. The van der Waals surface area contributed by atoms with Crippen molar-refractivity contribution in [3.63, 3.8) is 0 Å². The standard InChI is InChI=1S/C15H15ClF3NO3/c16-11-6-5-8(15(17,18)19)7-12(11)20-13(21)9-3-1-2-4-10(9)14(22)23/h5-7,9-10H,1-4H2,(H,20,21)(H,22,23)/p-1/t9-,10+/m1/s1. The first-order valence-electron chi connectivity index (χ1n) is 7.08. The van der Waals surface area contributed by atoms with Gasteiger partial charge in [-0.3, -0.25) is 4.79 Å². The number of carbonyl (C=O) groups excluding carboxylic acids is 2. The number of amides is 1. The van der Waals surface area contributed by atoms with E-state index in [1.165, 1.54) is 0 Å². The summed E-state index contributed by atoms with van der Waals surface area (Å²) in [5.41, 5.74) is -1.13. The molecule has 0 spiro atoms. The van der Waals surface area contributed by atoms with Crippen molar-refractivity contribution < 1.29 is 27.9 Å². The maximum Gasteiger partial charge on any atom is 0.416 e. The maximum atomic E-state index is 12.7. The number of hydrogen-bond donors (Lipinski definition) is 1.